The molecule has 0 fully saturated rings. The topological polar surface area (TPSA) is 43.8 Å². The fourth-order valence-electron chi connectivity index (χ4n) is 2.06. The number of aromatic nitrogens is 2. The molecule has 0 unspecified atom stereocenters. The van der Waals surface area contributed by atoms with Gasteiger partial charge in [-0.3, -0.25) is 0 Å². The summed E-state index contributed by atoms with van der Waals surface area (Å²) in [6.07, 6.45) is 0. The highest BCUT2D eigenvalue weighted by Gasteiger charge is 2.12. The van der Waals surface area contributed by atoms with Gasteiger partial charge in [-0.15, -0.1) is 0 Å². The van der Waals surface area contributed by atoms with Gasteiger partial charge in [-0.1, -0.05) is 19.9 Å². The standard InChI is InChI=1S/C13H19N3/c1-9(2)13-15-11-8-10(3)4-5-12(11)16(13)7-6-14/h4-5,8-9H,6-7,14H2,1-3H3. The van der Waals surface area contributed by atoms with Crippen molar-refractivity contribution in [2.24, 2.45) is 5.73 Å². The first-order valence-corrected chi connectivity index (χ1v) is 5.80. The molecule has 1 heterocycles. The number of benzene rings is 1. The van der Waals surface area contributed by atoms with E-state index in [2.05, 4.69) is 43.5 Å². The van der Waals surface area contributed by atoms with Crippen molar-refractivity contribution in [2.45, 2.75) is 33.2 Å². The Bertz CT molecular complexity index is 497. The third-order valence-electron chi connectivity index (χ3n) is 2.80. The van der Waals surface area contributed by atoms with Gasteiger partial charge in [0.2, 0.25) is 0 Å². The van der Waals surface area contributed by atoms with Crippen LogP contribution in [-0.4, -0.2) is 16.1 Å². The zero-order valence-corrected chi connectivity index (χ0v) is 10.2. The van der Waals surface area contributed by atoms with Gasteiger partial charge in [0.1, 0.15) is 5.82 Å². The van der Waals surface area contributed by atoms with Gasteiger partial charge in [0, 0.05) is 19.0 Å². The molecule has 0 aliphatic heterocycles. The lowest BCUT2D eigenvalue weighted by molar-refractivity contribution is 0.641. The smallest absolute Gasteiger partial charge is 0.112 e. The summed E-state index contributed by atoms with van der Waals surface area (Å²) in [6.45, 7) is 7.92. The number of aryl methyl sites for hydroxylation is 1. The van der Waals surface area contributed by atoms with Crippen LogP contribution in [0.15, 0.2) is 18.2 Å². The molecular weight excluding hydrogens is 198 g/mol. The maximum Gasteiger partial charge on any atom is 0.112 e. The Morgan fingerprint density at radius 3 is 2.75 bits per heavy atom. The first-order chi connectivity index (χ1) is 7.63. The van der Waals surface area contributed by atoms with Gasteiger partial charge in [-0.2, -0.15) is 0 Å². The predicted octanol–water partition coefficient (Wildman–Crippen LogP) is 2.43. The van der Waals surface area contributed by atoms with E-state index in [0.717, 1.165) is 17.9 Å². The van der Waals surface area contributed by atoms with E-state index in [1.807, 2.05) is 0 Å². The van der Waals surface area contributed by atoms with E-state index < -0.39 is 0 Å². The molecule has 2 aromatic rings. The van der Waals surface area contributed by atoms with E-state index in [1.54, 1.807) is 0 Å². The highest BCUT2D eigenvalue weighted by molar-refractivity contribution is 5.77. The minimum atomic E-state index is 0.430. The Labute approximate surface area is 96.3 Å². The second kappa shape index (κ2) is 4.26. The molecular formula is C13H19N3. The van der Waals surface area contributed by atoms with Crippen molar-refractivity contribution >= 4 is 11.0 Å². The van der Waals surface area contributed by atoms with E-state index in [1.165, 1.54) is 11.1 Å². The Balaban J connectivity index is 2.65. The second-order valence-corrected chi connectivity index (χ2v) is 4.56. The summed E-state index contributed by atoms with van der Waals surface area (Å²) in [4.78, 5) is 4.70. The zero-order valence-electron chi connectivity index (χ0n) is 10.2. The van der Waals surface area contributed by atoms with Crippen molar-refractivity contribution in [2.75, 3.05) is 6.54 Å². The van der Waals surface area contributed by atoms with Crippen molar-refractivity contribution in [3.05, 3.63) is 29.6 Å². The molecule has 3 heteroatoms. The van der Waals surface area contributed by atoms with Crippen LogP contribution in [0.3, 0.4) is 0 Å². The zero-order chi connectivity index (χ0) is 11.7. The molecule has 0 aliphatic carbocycles. The van der Waals surface area contributed by atoms with Gasteiger partial charge in [-0.25, -0.2) is 4.98 Å². The number of imidazole rings is 1. The van der Waals surface area contributed by atoms with Gasteiger partial charge in [0.15, 0.2) is 0 Å². The maximum atomic E-state index is 5.66. The number of nitrogens with two attached hydrogens (primary N) is 1. The molecule has 3 nitrogen and oxygen atoms in total. The monoisotopic (exact) mass is 217 g/mol. The number of hydrogen-bond acceptors (Lipinski definition) is 2. The second-order valence-electron chi connectivity index (χ2n) is 4.56. The molecule has 2 N–H and O–H groups in total. The molecule has 86 valence electrons. The molecule has 2 rings (SSSR count). The minimum Gasteiger partial charge on any atom is -0.329 e. The van der Waals surface area contributed by atoms with Gasteiger partial charge in [-0.05, 0) is 24.6 Å². The molecule has 0 radical (unpaired) electrons. The Morgan fingerprint density at radius 1 is 1.38 bits per heavy atom. The van der Waals surface area contributed by atoms with Gasteiger partial charge in [0.25, 0.3) is 0 Å². The Morgan fingerprint density at radius 2 is 2.12 bits per heavy atom. The summed E-state index contributed by atoms with van der Waals surface area (Å²) in [7, 11) is 0. The first-order valence-electron chi connectivity index (χ1n) is 5.80. The van der Waals surface area contributed by atoms with E-state index in [9.17, 15) is 0 Å². The number of nitrogens with zero attached hydrogens (tertiary/aromatic N) is 2. The van der Waals surface area contributed by atoms with Crippen LogP contribution in [0.25, 0.3) is 11.0 Å². The highest BCUT2D eigenvalue weighted by Crippen LogP contribution is 2.22. The lowest BCUT2D eigenvalue weighted by Crippen LogP contribution is -2.13. The summed E-state index contributed by atoms with van der Waals surface area (Å²) < 4.78 is 2.24. The van der Waals surface area contributed by atoms with Crippen LogP contribution in [0.1, 0.15) is 31.2 Å². The molecule has 0 saturated carbocycles. The van der Waals surface area contributed by atoms with Gasteiger partial charge >= 0.3 is 0 Å². The minimum absolute atomic E-state index is 0.430. The summed E-state index contributed by atoms with van der Waals surface area (Å²) >= 11 is 0. The summed E-state index contributed by atoms with van der Waals surface area (Å²) in [6, 6.07) is 6.40. The molecule has 1 aromatic heterocycles. The molecule has 0 aliphatic rings. The molecule has 0 spiro atoms. The van der Waals surface area contributed by atoms with Crippen LogP contribution in [0.4, 0.5) is 0 Å². The third-order valence-corrected chi connectivity index (χ3v) is 2.80. The van der Waals surface area contributed by atoms with Crippen molar-refractivity contribution in [1.29, 1.82) is 0 Å². The summed E-state index contributed by atoms with van der Waals surface area (Å²) in [5.41, 5.74) is 9.19. The fraction of sp³-hybridized carbons (Fsp3) is 0.462. The number of rotatable bonds is 3. The molecule has 0 atom stereocenters. The summed E-state index contributed by atoms with van der Waals surface area (Å²) in [5, 5.41) is 0. The molecule has 0 bridgehead atoms. The van der Waals surface area contributed by atoms with Crippen molar-refractivity contribution in [1.82, 2.24) is 9.55 Å². The molecule has 0 saturated heterocycles. The lowest BCUT2D eigenvalue weighted by atomic mass is 10.2. The Hall–Kier alpha value is -1.35. The quantitative estimate of drug-likeness (QED) is 0.858. The SMILES string of the molecule is Cc1ccc2c(c1)nc(C(C)C)n2CCN. The van der Waals surface area contributed by atoms with Crippen LogP contribution in [0.2, 0.25) is 0 Å². The molecule has 0 amide bonds. The Kier molecular flexibility index (Phi) is 2.97. The average Bonchev–Trinajstić information content (AvgIpc) is 2.57. The fourth-order valence-corrected chi connectivity index (χ4v) is 2.06. The van der Waals surface area contributed by atoms with Crippen molar-refractivity contribution < 1.29 is 0 Å². The van der Waals surface area contributed by atoms with Crippen LogP contribution in [0, 0.1) is 6.92 Å². The number of hydrogen-bond donors (Lipinski definition) is 1. The third kappa shape index (κ3) is 1.83. The normalized spacial score (nSPS) is 11.6. The van der Waals surface area contributed by atoms with E-state index in [4.69, 9.17) is 10.7 Å². The van der Waals surface area contributed by atoms with Crippen LogP contribution >= 0.6 is 0 Å². The first kappa shape index (κ1) is 11.1. The molecule has 16 heavy (non-hydrogen) atoms. The maximum absolute atomic E-state index is 5.66. The number of fused-ring (bicyclic) bond motifs is 1. The van der Waals surface area contributed by atoms with Gasteiger partial charge in [0.05, 0.1) is 11.0 Å². The van der Waals surface area contributed by atoms with E-state index in [0.29, 0.717) is 12.5 Å². The van der Waals surface area contributed by atoms with Gasteiger partial charge < -0.3 is 10.3 Å². The van der Waals surface area contributed by atoms with E-state index in [-0.39, 0.29) is 0 Å². The van der Waals surface area contributed by atoms with Crippen molar-refractivity contribution in [3.8, 4) is 0 Å². The lowest BCUT2D eigenvalue weighted by Gasteiger charge is -2.09. The van der Waals surface area contributed by atoms with Crippen LogP contribution < -0.4 is 5.73 Å². The largest absolute Gasteiger partial charge is 0.329 e. The predicted molar refractivity (Wildman–Crippen MR) is 67.6 cm³/mol. The van der Waals surface area contributed by atoms with Crippen LogP contribution in [-0.2, 0) is 6.54 Å². The summed E-state index contributed by atoms with van der Waals surface area (Å²) in [5.74, 6) is 1.56. The van der Waals surface area contributed by atoms with Crippen LogP contribution in [0.5, 0.6) is 0 Å². The average molecular weight is 217 g/mol. The van der Waals surface area contributed by atoms with E-state index >= 15 is 0 Å². The van der Waals surface area contributed by atoms with Crippen molar-refractivity contribution in [3.63, 3.8) is 0 Å². The molecule has 1 aromatic carbocycles. The highest BCUT2D eigenvalue weighted by atomic mass is 15.1.